The second-order valence-corrected chi connectivity index (χ2v) is 2.33. The van der Waals surface area contributed by atoms with Gasteiger partial charge in [-0.3, -0.25) is 4.98 Å². The van der Waals surface area contributed by atoms with Gasteiger partial charge < -0.3 is 4.42 Å². The molecule has 0 fully saturated rings. The molecule has 12 heavy (non-hydrogen) atoms. The van der Waals surface area contributed by atoms with Crippen molar-refractivity contribution in [3.63, 3.8) is 0 Å². The van der Waals surface area contributed by atoms with Gasteiger partial charge in [0.15, 0.2) is 0 Å². The van der Waals surface area contributed by atoms with Crippen LogP contribution in [0.15, 0.2) is 33.9 Å². The molecule has 5 heteroatoms. The smallest absolute Gasteiger partial charge is 0.343 e. The number of rotatable bonds is 2. The minimum absolute atomic E-state index is 0.230. The van der Waals surface area contributed by atoms with E-state index >= 15 is 0 Å². The van der Waals surface area contributed by atoms with Gasteiger partial charge in [0.1, 0.15) is 18.6 Å². The number of aromatic amines is 1. The molecule has 2 aromatic heterocycles. The number of furan rings is 1. The maximum atomic E-state index is 10.9. The van der Waals surface area contributed by atoms with Crippen molar-refractivity contribution >= 4 is 0 Å². The Bertz CT molecular complexity index is 398. The third kappa shape index (κ3) is 1.16. The fourth-order valence-electron chi connectivity index (χ4n) is 0.944. The maximum Gasteiger partial charge on any atom is 0.343 e. The van der Waals surface area contributed by atoms with Crippen LogP contribution < -0.4 is 5.69 Å². The van der Waals surface area contributed by atoms with Gasteiger partial charge in [0.25, 0.3) is 0 Å². The van der Waals surface area contributed by atoms with Crippen LogP contribution in [0.5, 0.6) is 0 Å². The van der Waals surface area contributed by atoms with E-state index in [1.165, 1.54) is 11.0 Å². The predicted octanol–water partition coefficient (Wildman–Crippen LogP) is 0.213. The lowest BCUT2D eigenvalue weighted by atomic mass is 10.4. The van der Waals surface area contributed by atoms with Gasteiger partial charge >= 0.3 is 5.69 Å². The Morgan fingerprint density at radius 2 is 2.58 bits per heavy atom. The van der Waals surface area contributed by atoms with Gasteiger partial charge in [0.05, 0.1) is 6.26 Å². The Labute approximate surface area is 67.6 Å². The molecule has 0 aromatic carbocycles. The minimum atomic E-state index is -0.230. The Kier molecular flexibility index (Phi) is 1.55. The molecule has 0 aliphatic rings. The number of aromatic nitrogens is 3. The molecule has 0 radical (unpaired) electrons. The van der Waals surface area contributed by atoms with Crippen LogP contribution in [0.4, 0.5) is 0 Å². The fraction of sp³-hybridized carbons (Fsp3) is 0.143. The molecular formula is C7H7N3O2. The van der Waals surface area contributed by atoms with Gasteiger partial charge in [-0.2, -0.15) is 5.10 Å². The molecule has 0 amide bonds. The summed E-state index contributed by atoms with van der Waals surface area (Å²) < 4.78 is 6.34. The van der Waals surface area contributed by atoms with Crippen molar-refractivity contribution in [2.24, 2.45) is 0 Å². The molecule has 0 unspecified atom stereocenters. The molecule has 1 N–H and O–H groups in total. The SMILES string of the molecule is O=c1[nH]cnn1Cc1ccco1. The predicted molar refractivity (Wildman–Crippen MR) is 40.7 cm³/mol. The van der Waals surface area contributed by atoms with E-state index in [0.29, 0.717) is 12.3 Å². The Balaban J connectivity index is 2.25. The summed E-state index contributed by atoms with van der Waals surface area (Å²) >= 11 is 0. The highest BCUT2D eigenvalue weighted by atomic mass is 16.3. The Morgan fingerprint density at radius 1 is 1.67 bits per heavy atom. The lowest BCUT2D eigenvalue weighted by Gasteiger charge is -1.92. The zero-order chi connectivity index (χ0) is 8.39. The summed E-state index contributed by atoms with van der Waals surface area (Å²) in [6.07, 6.45) is 2.91. The molecule has 0 bridgehead atoms. The zero-order valence-corrected chi connectivity index (χ0v) is 6.23. The van der Waals surface area contributed by atoms with E-state index in [0.717, 1.165) is 0 Å². The normalized spacial score (nSPS) is 10.3. The molecule has 62 valence electrons. The number of hydrogen-bond acceptors (Lipinski definition) is 3. The Hall–Kier alpha value is -1.78. The fourth-order valence-corrected chi connectivity index (χ4v) is 0.944. The summed E-state index contributed by atoms with van der Waals surface area (Å²) in [5, 5.41) is 3.78. The summed E-state index contributed by atoms with van der Waals surface area (Å²) in [7, 11) is 0. The molecular weight excluding hydrogens is 158 g/mol. The van der Waals surface area contributed by atoms with Gasteiger partial charge in [-0.25, -0.2) is 9.48 Å². The number of H-pyrrole nitrogens is 1. The van der Waals surface area contributed by atoms with Crippen LogP contribution in [0, 0.1) is 0 Å². The van der Waals surface area contributed by atoms with Gasteiger partial charge in [0.2, 0.25) is 0 Å². The van der Waals surface area contributed by atoms with Crippen LogP contribution in [-0.2, 0) is 6.54 Å². The molecule has 0 aliphatic carbocycles. The first-order valence-corrected chi connectivity index (χ1v) is 3.49. The molecule has 2 aromatic rings. The van der Waals surface area contributed by atoms with Crippen LogP contribution in [0.1, 0.15) is 5.76 Å². The summed E-state index contributed by atoms with van der Waals surface area (Å²) in [5.74, 6) is 0.712. The van der Waals surface area contributed by atoms with Crippen molar-refractivity contribution in [3.8, 4) is 0 Å². The van der Waals surface area contributed by atoms with Crippen LogP contribution in [-0.4, -0.2) is 14.8 Å². The van der Waals surface area contributed by atoms with Crippen LogP contribution >= 0.6 is 0 Å². The molecule has 0 saturated heterocycles. The average Bonchev–Trinajstić information content (AvgIpc) is 2.65. The van der Waals surface area contributed by atoms with E-state index < -0.39 is 0 Å². The van der Waals surface area contributed by atoms with Gasteiger partial charge in [0, 0.05) is 0 Å². The van der Waals surface area contributed by atoms with E-state index in [-0.39, 0.29) is 5.69 Å². The zero-order valence-electron chi connectivity index (χ0n) is 6.23. The van der Waals surface area contributed by atoms with Crippen molar-refractivity contribution in [1.29, 1.82) is 0 Å². The summed E-state index contributed by atoms with van der Waals surface area (Å²) in [5.41, 5.74) is -0.230. The van der Waals surface area contributed by atoms with Crippen LogP contribution in [0.2, 0.25) is 0 Å². The van der Waals surface area contributed by atoms with Crippen LogP contribution in [0.25, 0.3) is 0 Å². The van der Waals surface area contributed by atoms with E-state index in [1.54, 1.807) is 18.4 Å². The molecule has 0 aliphatic heterocycles. The number of nitrogens with one attached hydrogen (secondary N) is 1. The molecule has 2 rings (SSSR count). The van der Waals surface area contributed by atoms with Crippen molar-refractivity contribution in [3.05, 3.63) is 41.0 Å². The van der Waals surface area contributed by atoms with Gasteiger partial charge in [-0.15, -0.1) is 0 Å². The first kappa shape index (κ1) is 6.90. The highest BCUT2D eigenvalue weighted by molar-refractivity contribution is 4.97. The molecule has 2 heterocycles. The van der Waals surface area contributed by atoms with E-state index in [2.05, 4.69) is 10.1 Å². The summed E-state index contributed by atoms with van der Waals surface area (Å²) in [4.78, 5) is 13.4. The average molecular weight is 165 g/mol. The van der Waals surface area contributed by atoms with E-state index in [1.807, 2.05) is 0 Å². The maximum absolute atomic E-state index is 10.9. The van der Waals surface area contributed by atoms with Crippen molar-refractivity contribution in [1.82, 2.24) is 14.8 Å². The molecule has 5 nitrogen and oxygen atoms in total. The molecule has 0 saturated carbocycles. The minimum Gasteiger partial charge on any atom is -0.467 e. The van der Waals surface area contributed by atoms with E-state index in [4.69, 9.17) is 4.42 Å². The van der Waals surface area contributed by atoms with Crippen molar-refractivity contribution in [2.45, 2.75) is 6.54 Å². The van der Waals surface area contributed by atoms with Crippen molar-refractivity contribution in [2.75, 3.05) is 0 Å². The highest BCUT2D eigenvalue weighted by Gasteiger charge is 2.00. The van der Waals surface area contributed by atoms with Gasteiger partial charge in [-0.05, 0) is 12.1 Å². The van der Waals surface area contributed by atoms with Gasteiger partial charge in [-0.1, -0.05) is 0 Å². The van der Waals surface area contributed by atoms with E-state index in [9.17, 15) is 4.79 Å². The summed E-state index contributed by atoms with van der Waals surface area (Å²) in [6.45, 7) is 0.370. The first-order valence-electron chi connectivity index (χ1n) is 3.49. The van der Waals surface area contributed by atoms with Crippen LogP contribution in [0.3, 0.4) is 0 Å². The first-order chi connectivity index (χ1) is 5.86. The standard InChI is InChI=1S/C7H7N3O2/c11-7-8-5-9-10(7)4-6-2-1-3-12-6/h1-3,5H,4H2,(H,8,9,11). The Morgan fingerprint density at radius 3 is 3.17 bits per heavy atom. The third-order valence-corrected chi connectivity index (χ3v) is 1.51. The summed E-state index contributed by atoms with van der Waals surface area (Å²) in [6, 6.07) is 3.56. The quantitative estimate of drug-likeness (QED) is 0.691. The second-order valence-electron chi connectivity index (χ2n) is 2.33. The van der Waals surface area contributed by atoms with Crippen molar-refractivity contribution < 1.29 is 4.42 Å². The molecule has 0 spiro atoms. The largest absolute Gasteiger partial charge is 0.467 e. The topological polar surface area (TPSA) is 63.8 Å². The lowest BCUT2D eigenvalue weighted by Crippen LogP contribution is -2.18. The third-order valence-electron chi connectivity index (χ3n) is 1.51. The molecule has 0 atom stereocenters. The number of hydrogen-bond donors (Lipinski definition) is 1. The number of nitrogens with zero attached hydrogens (tertiary/aromatic N) is 2. The second kappa shape index (κ2) is 2.69. The lowest BCUT2D eigenvalue weighted by molar-refractivity contribution is 0.475. The highest BCUT2D eigenvalue weighted by Crippen LogP contribution is 1.99. The monoisotopic (exact) mass is 165 g/mol.